The Balaban J connectivity index is 1.68. The molecule has 150 valence electrons. The Morgan fingerprint density at radius 2 is 1.79 bits per heavy atom. The number of thiophene rings is 2. The molecule has 1 aliphatic carbocycles. The first-order chi connectivity index (χ1) is 14.0. The van der Waals surface area contributed by atoms with Gasteiger partial charge >= 0.3 is 0 Å². The maximum atomic E-state index is 13.3. The molecule has 0 atom stereocenters. The number of anilines is 2. The van der Waals surface area contributed by atoms with Crippen molar-refractivity contribution < 1.29 is 9.59 Å². The molecular formula is C23H24N2O2S2. The highest BCUT2D eigenvalue weighted by molar-refractivity contribution is 7.17. The van der Waals surface area contributed by atoms with Crippen molar-refractivity contribution in [2.75, 3.05) is 10.6 Å². The van der Waals surface area contributed by atoms with E-state index in [1.165, 1.54) is 22.6 Å². The lowest BCUT2D eigenvalue weighted by molar-refractivity contribution is 0.102. The highest BCUT2D eigenvalue weighted by atomic mass is 32.1. The molecule has 2 amide bonds. The summed E-state index contributed by atoms with van der Waals surface area (Å²) in [6.07, 6.45) is 5.24. The van der Waals surface area contributed by atoms with Gasteiger partial charge < -0.3 is 10.6 Å². The highest BCUT2D eigenvalue weighted by Crippen LogP contribution is 2.38. The molecule has 0 fully saturated rings. The smallest absolute Gasteiger partial charge is 0.266 e. The van der Waals surface area contributed by atoms with E-state index < -0.39 is 0 Å². The summed E-state index contributed by atoms with van der Waals surface area (Å²) in [6.45, 7) is 4.03. The van der Waals surface area contributed by atoms with Gasteiger partial charge in [-0.05, 0) is 68.2 Å². The van der Waals surface area contributed by atoms with Crippen LogP contribution in [-0.4, -0.2) is 11.8 Å². The van der Waals surface area contributed by atoms with Crippen LogP contribution in [0, 0.1) is 13.8 Å². The van der Waals surface area contributed by atoms with Crippen LogP contribution in [0.5, 0.6) is 0 Å². The molecule has 2 aromatic heterocycles. The molecule has 0 saturated heterocycles. The van der Waals surface area contributed by atoms with Crippen LogP contribution in [0.2, 0.25) is 0 Å². The third-order valence-electron chi connectivity index (χ3n) is 5.25. The first-order valence-corrected chi connectivity index (χ1v) is 11.6. The van der Waals surface area contributed by atoms with Gasteiger partial charge in [0, 0.05) is 10.6 Å². The molecule has 2 N–H and O–H groups in total. The van der Waals surface area contributed by atoms with E-state index in [0.717, 1.165) is 48.1 Å². The average molecular weight is 425 g/mol. The van der Waals surface area contributed by atoms with Crippen molar-refractivity contribution in [1.29, 1.82) is 0 Å². The fraction of sp³-hybridized carbons (Fsp3) is 0.304. The van der Waals surface area contributed by atoms with Crippen LogP contribution in [-0.2, 0) is 12.8 Å². The fourth-order valence-electron chi connectivity index (χ4n) is 3.78. The number of hydrogen-bond donors (Lipinski definition) is 2. The fourth-order valence-corrected chi connectivity index (χ4v) is 5.68. The Labute approximate surface area is 179 Å². The predicted octanol–water partition coefficient (Wildman–Crippen LogP) is 6.20. The van der Waals surface area contributed by atoms with Gasteiger partial charge in [-0.1, -0.05) is 30.2 Å². The lowest BCUT2D eigenvalue weighted by Crippen LogP contribution is -2.18. The van der Waals surface area contributed by atoms with Gasteiger partial charge in [0.15, 0.2) is 0 Å². The molecule has 0 bridgehead atoms. The van der Waals surface area contributed by atoms with Gasteiger partial charge in [0.2, 0.25) is 0 Å². The second-order valence-electron chi connectivity index (χ2n) is 7.47. The molecule has 1 aromatic carbocycles. The van der Waals surface area contributed by atoms with Crippen molar-refractivity contribution in [1.82, 2.24) is 0 Å². The summed E-state index contributed by atoms with van der Waals surface area (Å²) in [4.78, 5) is 27.9. The molecular weight excluding hydrogens is 400 g/mol. The number of nitrogens with one attached hydrogen (secondary N) is 2. The maximum absolute atomic E-state index is 13.3. The van der Waals surface area contributed by atoms with E-state index in [1.807, 2.05) is 37.4 Å². The minimum absolute atomic E-state index is 0.141. The second-order valence-corrected chi connectivity index (χ2v) is 9.53. The Morgan fingerprint density at radius 3 is 2.55 bits per heavy atom. The van der Waals surface area contributed by atoms with E-state index >= 15 is 0 Å². The van der Waals surface area contributed by atoms with Gasteiger partial charge in [-0.25, -0.2) is 0 Å². The van der Waals surface area contributed by atoms with Crippen LogP contribution in [0.4, 0.5) is 10.7 Å². The van der Waals surface area contributed by atoms with Crippen molar-refractivity contribution in [2.45, 2.75) is 46.0 Å². The number of amides is 2. The average Bonchev–Trinajstić information content (AvgIpc) is 3.27. The summed E-state index contributed by atoms with van der Waals surface area (Å²) in [5, 5.41) is 8.63. The van der Waals surface area contributed by atoms with Crippen molar-refractivity contribution in [2.24, 2.45) is 0 Å². The van der Waals surface area contributed by atoms with Gasteiger partial charge in [0.25, 0.3) is 11.8 Å². The van der Waals surface area contributed by atoms with Gasteiger partial charge in [-0.2, -0.15) is 0 Å². The molecule has 0 radical (unpaired) electrons. The summed E-state index contributed by atoms with van der Waals surface area (Å²) in [5.41, 5.74) is 4.75. The topological polar surface area (TPSA) is 58.2 Å². The predicted molar refractivity (Wildman–Crippen MR) is 122 cm³/mol. The molecule has 29 heavy (non-hydrogen) atoms. The number of hydrogen-bond acceptors (Lipinski definition) is 4. The molecule has 4 rings (SSSR count). The Kier molecular flexibility index (Phi) is 5.83. The first-order valence-electron chi connectivity index (χ1n) is 9.91. The Hall–Kier alpha value is -2.44. The van der Waals surface area contributed by atoms with E-state index in [4.69, 9.17) is 0 Å². The van der Waals surface area contributed by atoms with Crippen LogP contribution >= 0.6 is 22.7 Å². The van der Waals surface area contributed by atoms with E-state index in [2.05, 4.69) is 16.7 Å². The van der Waals surface area contributed by atoms with Gasteiger partial charge in [0.05, 0.1) is 10.4 Å². The standard InChI is InChI=1S/C23H24N2O2S2/c1-14-10-11-17(15(2)13-14)24-22(27)20-16-7-4-3-5-8-18(16)29-23(20)25-21(26)19-9-6-12-28-19/h6,9-13H,3-5,7-8H2,1-2H3,(H,24,27)(H,25,26). The molecule has 0 unspecified atom stereocenters. The third-order valence-corrected chi connectivity index (χ3v) is 7.33. The third kappa shape index (κ3) is 4.28. The van der Waals surface area contributed by atoms with Crippen molar-refractivity contribution in [3.05, 3.63) is 67.7 Å². The van der Waals surface area contributed by atoms with Crippen molar-refractivity contribution in [3.63, 3.8) is 0 Å². The minimum Gasteiger partial charge on any atom is -0.322 e. The van der Waals surface area contributed by atoms with Crippen LogP contribution in [0.1, 0.15) is 60.9 Å². The SMILES string of the molecule is Cc1ccc(NC(=O)c2c(NC(=O)c3cccs3)sc3c2CCCCC3)c(C)c1. The van der Waals surface area contributed by atoms with E-state index in [1.54, 1.807) is 17.4 Å². The van der Waals surface area contributed by atoms with Gasteiger partial charge in [-0.3, -0.25) is 9.59 Å². The summed E-state index contributed by atoms with van der Waals surface area (Å²) in [5.74, 6) is -0.296. The summed E-state index contributed by atoms with van der Waals surface area (Å²) in [6, 6.07) is 9.65. The van der Waals surface area contributed by atoms with Crippen molar-refractivity contribution in [3.8, 4) is 0 Å². The minimum atomic E-state index is -0.156. The maximum Gasteiger partial charge on any atom is 0.266 e. The number of rotatable bonds is 4. The van der Waals surface area contributed by atoms with Crippen LogP contribution < -0.4 is 10.6 Å². The largest absolute Gasteiger partial charge is 0.322 e. The van der Waals surface area contributed by atoms with Gasteiger partial charge in [-0.15, -0.1) is 22.7 Å². The molecule has 0 spiro atoms. The van der Waals surface area contributed by atoms with E-state index in [9.17, 15) is 9.59 Å². The molecule has 1 aliphatic rings. The zero-order valence-electron chi connectivity index (χ0n) is 16.6. The van der Waals surface area contributed by atoms with Crippen molar-refractivity contribution >= 4 is 45.2 Å². The monoisotopic (exact) mass is 424 g/mol. The number of fused-ring (bicyclic) bond motifs is 1. The summed E-state index contributed by atoms with van der Waals surface area (Å²) < 4.78 is 0. The number of aryl methyl sites for hydroxylation is 3. The zero-order valence-corrected chi connectivity index (χ0v) is 18.3. The molecule has 0 aliphatic heterocycles. The quantitative estimate of drug-likeness (QED) is 0.490. The molecule has 4 nitrogen and oxygen atoms in total. The number of carbonyl (C=O) groups is 2. The summed E-state index contributed by atoms with van der Waals surface area (Å²) >= 11 is 2.96. The number of carbonyl (C=O) groups excluding carboxylic acids is 2. The Morgan fingerprint density at radius 1 is 0.966 bits per heavy atom. The normalized spacial score (nSPS) is 13.4. The molecule has 2 heterocycles. The second kappa shape index (κ2) is 8.51. The lowest BCUT2D eigenvalue weighted by atomic mass is 10.0. The Bertz CT molecular complexity index is 1050. The number of benzene rings is 1. The van der Waals surface area contributed by atoms with E-state index in [-0.39, 0.29) is 11.8 Å². The van der Waals surface area contributed by atoms with Crippen LogP contribution in [0.15, 0.2) is 35.7 Å². The molecule has 3 aromatic rings. The highest BCUT2D eigenvalue weighted by Gasteiger charge is 2.26. The lowest BCUT2D eigenvalue weighted by Gasteiger charge is -2.12. The van der Waals surface area contributed by atoms with E-state index in [0.29, 0.717) is 15.4 Å². The zero-order chi connectivity index (χ0) is 20.4. The van der Waals surface area contributed by atoms with Crippen LogP contribution in [0.3, 0.4) is 0 Å². The molecule has 0 saturated carbocycles. The van der Waals surface area contributed by atoms with Gasteiger partial charge in [0.1, 0.15) is 5.00 Å². The van der Waals surface area contributed by atoms with Crippen LogP contribution in [0.25, 0.3) is 0 Å². The first kappa shape index (κ1) is 19.9. The summed E-state index contributed by atoms with van der Waals surface area (Å²) in [7, 11) is 0. The molecule has 6 heteroatoms.